The second kappa shape index (κ2) is 13.3. The predicted molar refractivity (Wildman–Crippen MR) is 147 cm³/mol. The molecule has 2 heterocycles. The number of hydrogen-bond acceptors (Lipinski definition) is 13. The molecule has 42 heavy (non-hydrogen) atoms. The Hall–Kier alpha value is -5.46. The molecule has 19 heteroatoms. The zero-order valence-electron chi connectivity index (χ0n) is 23.2. The fourth-order valence-corrected chi connectivity index (χ4v) is 4.28. The molecule has 0 atom stereocenters. The predicted octanol–water partition coefficient (Wildman–Crippen LogP) is 1.16. The molecule has 0 aliphatic heterocycles. The zero-order chi connectivity index (χ0) is 31.0. The van der Waals surface area contributed by atoms with Crippen LogP contribution in [0.1, 0.15) is 10.4 Å². The summed E-state index contributed by atoms with van der Waals surface area (Å²) in [5.74, 6) is -0.900. The highest BCUT2D eigenvalue weighted by atomic mass is 32.2. The third-order valence-corrected chi connectivity index (χ3v) is 6.41. The van der Waals surface area contributed by atoms with E-state index in [0.29, 0.717) is 0 Å². The summed E-state index contributed by atoms with van der Waals surface area (Å²) in [6.45, 7) is 0. The van der Waals surface area contributed by atoms with Crippen LogP contribution >= 0.6 is 0 Å². The number of benzene rings is 1. The van der Waals surface area contributed by atoms with E-state index in [-0.39, 0.29) is 46.7 Å². The van der Waals surface area contributed by atoms with Gasteiger partial charge in [-0.25, -0.2) is 22.7 Å². The van der Waals surface area contributed by atoms with Crippen molar-refractivity contribution in [3.05, 3.63) is 35.9 Å². The number of rotatable bonds is 10. The van der Waals surface area contributed by atoms with Gasteiger partial charge in [0.25, 0.3) is 15.9 Å². The van der Waals surface area contributed by atoms with Gasteiger partial charge in [-0.3, -0.25) is 15.4 Å². The molecule has 3 rings (SSSR count). The minimum absolute atomic E-state index is 0.0358. The van der Waals surface area contributed by atoms with Gasteiger partial charge in [0, 0.05) is 19.8 Å². The van der Waals surface area contributed by atoms with Gasteiger partial charge in [0.05, 0.1) is 46.1 Å². The van der Waals surface area contributed by atoms with Crippen molar-refractivity contribution >= 4 is 45.6 Å². The number of sulfonamides is 1. The van der Waals surface area contributed by atoms with Crippen molar-refractivity contribution in [1.82, 2.24) is 29.6 Å². The quantitative estimate of drug-likeness (QED) is 0.255. The van der Waals surface area contributed by atoms with Crippen LogP contribution in [0.15, 0.2) is 35.2 Å². The van der Waals surface area contributed by atoms with Crippen LogP contribution in [0.5, 0.6) is 23.5 Å². The average molecular weight is 606 g/mol. The van der Waals surface area contributed by atoms with Gasteiger partial charge in [0.1, 0.15) is 4.90 Å². The number of amides is 5. The SMILES string of the molecule is COc1cc(OC)nc(NC(=O)Nc2ccc(C(=O)N(C)C)c(S(=O)(=O)NC(=O)Nc3nc(OC)cc(OC)n3)c2)n1. The Balaban J connectivity index is 1.88. The van der Waals surface area contributed by atoms with Gasteiger partial charge in [0.2, 0.25) is 35.4 Å². The van der Waals surface area contributed by atoms with Gasteiger partial charge in [-0.05, 0) is 18.2 Å². The van der Waals surface area contributed by atoms with Gasteiger partial charge in [-0.2, -0.15) is 19.9 Å². The molecule has 0 saturated carbocycles. The number of methoxy groups -OCH3 is 4. The zero-order valence-corrected chi connectivity index (χ0v) is 24.0. The summed E-state index contributed by atoms with van der Waals surface area (Å²) in [6, 6.07) is 4.06. The van der Waals surface area contributed by atoms with E-state index >= 15 is 0 Å². The largest absolute Gasteiger partial charge is 0.481 e. The lowest BCUT2D eigenvalue weighted by Gasteiger charge is -2.16. The number of anilines is 3. The van der Waals surface area contributed by atoms with Gasteiger partial charge in [-0.15, -0.1) is 0 Å². The van der Waals surface area contributed by atoms with Crippen LogP contribution in [0.3, 0.4) is 0 Å². The number of ether oxygens (including phenoxy) is 4. The molecule has 0 spiro atoms. The lowest BCUT2D eigenvalue weighted by atomic mass is 10.2. The molecule has 0 aliphatic carbocycles. The van der Waals surface area contributed by atoms with E-state index < -0.39 is 32.9 Å². The van der Waals surface area contributed by atoms with Crippen molar-refractivity contribution in [2.75, 3.05) is 58.5 Å². The first-order valence-corrected chi connectivity index (χ1v) is 13.1. The Morgan fingerprint density at radius 1 is 0.690 bits per heavy atom. The van der Waals surface area contributed by atoms with Crippen molar-refractivity contribution in [1.29, 1.82) is 0 Å². The molecule has 0 bridgehead atoms. The maximum atomic E-state index is 13.3. The van der Waals surface area contributed by atoms with Crippen LogP contribution in [-0.2, 0) is 10.0 Å². The summed E-state index contributed by atoms with van der Waals surface area (Å²) in [7, 11) is 3.47. The molecule has 1 aromatic carbocycles. The average Bonchev–Trinajstić information content (AvgIpc) is 2.95. The molecule has 224 valence electrons. The lowest BCUT2D eigenvalue weighted by Crippen LogP contribution is -2.36. The smallest absolute Gasteiger partial charge is 0.335 e. The van der Waals surface area contributed by atoms with Crippen LogP contribution in [0.2, 0.25) is 0 Å². The molecule has 5 amide bonds. The second-order valence-electron chi connectivity index (χ2n) is 8.10. The van der Waals surface area contributed by atoms with Crippen LogP contribution in [0, 0.1) is 0 Å². The minimum Gasteiger partial charge on any atom is -0.481 e. The number of carbonyl (C=O) groups is 3. The second-order valence-corrected chi connectivity index (χ2v) is 9.75. The number of hydrogen-bond donors (Lipinski definition) is 4. The summed E-state index contributed by atoms with van der Waals surface area (Å²) in [4.78, 5) is 54.3. The van der Waals surface area contributed by atoms with E-state index in [2.05, 4.69) is 35.9 Å². The van der Waals surface area contributed by atoms with E-state index in [9.17, 15) is 22.8 Å². The van der Waals surface area contributed by atoms with Gasteiger partial charge >= 0.3 is 12.1 Å². The first-order valence-electron chi connectivity index (χ1n) is 11.6. The summed E-state index contributed by atoms with van der Waals surface area (Å²) in [6.07, 6.45) is 0. The number of urea groups is 2. The Labute approximate surface area is 239 Å². The maximum Gasteiger partial charge on any atom is 0.335 e. The molecule has 0 radical (unpaired) electrons. The first kappa shape index (κ1) is 31.1. The summed E-state index contributed by atoms with van der Waals surface area (Å²) in [5.41, 5.74) is -0.342. The molecular formula is C23H27N9O9S. The molecule has 18 nitrogen and oxygen atoms in total. The van der Waals surface area contributed by atoms with Crippen molar-refractivity contribution in [2.45, 2.75) is 4.90 Å². The number of nitrogens with zero attached hydrogens (tertiary/aromatic N) is 5. The number of aromatic nitrogens is 4. The number of carbonyl (C=O) groups excluding carboxylic acids is 3. The topological polar surface area (TPSA) is 225 Å². The van der Waals surface area contributed by atoms with Crippen molar-refractivity contribution in [3.8, 4) is 23.5 Å². The molecular weight excluding hydrogens is 578 g/mol. The Bertz CT molecular complexity index is 1560. The van der Waals surface area contributed by atoms with Crippen LogP contribution in [0.25, 0.3) is 0 Å². The van der Waals surface area contributed by atoms with E-state index in [0.717, 1.165) is 11.0 Å². The Morgan fingerprint density at radius 2 is 1.14 bits per heavy atom. The van der Waals surface area contributed by atoms with Gasteiger partial charge in [-0.1, -0.05) is 0 Å². The maximum absolute atomic E-state index is 13.3. The molecule has 0 unspecified atom stereocenters. The standard InChI is InChI=1S/C23H27N9O9S/c1-32(2)19(33)13-8-7-12(24-22(34)29-20-25-15(38-3)10-16(26-20)39-4)9-14(13)42(36,37)31-23(35)30-21-27-17(40-5)11-18(28-21)41-6/h7-11H,1-6H3,(H2,24,25,26,29,34)(H2,27,28,30,31,35). The molecule has 2 aromatic heterocycles. The molecule has 4 N–H and O–H groups in total. The van der Waals surface area contributed by atoms with Gasteiger partial charge < -0.3 is 29.2 Å². The third kappa shape index (κ3) is 7.81. The normalized spacial score (nSPS) is 10.6. The summed E-state index contributed by atoms with van der Waals surface area (Å²) >= 11 is 0. The fourth-order valence-electron chi connectivity index (χ4n) is 3.15. The molecule has 3 aromatic rings. The van der Waals surface area contributed by atoms with E-state index in [1.165, 1.54) is 66.8 Å². The van der Waals surface area contributed by atoms with E-state index in [4.69, 9.17) is 18.9 Å². The first-order chi connectivity index (χ1) is 19.9. The number of nitrogens with one attached hydrogen (secondary N) is 4. The lowest BCUT2D eigenvalue weighted by molar-refractivity contribution is 0.0824. The Morgan fingerprint density at radius 3 is 1.57 bits per heavy atom. The Kier molecular flexibility index (Phi) is 9.81. The monoisotopic (exact) mass is 605 g/mol. The van der Waals surface area contributed by atoms with Crippen molar-refractivity contribution < 1.29 is 41.7 Å². The van der Waals surface area contributed by atoms with Crippen LogP contribution in [-0.4, -0.2) is 93.8 Å². The minimum atomic E-state index is -4.71. The molecule has 0 saturated heterocycles. The van der Waals surface area contributed by atoms with Crippen LogP contribution < -0.4 is 39.6 Å². The van der Waals surface area contributed by atoms with Crippen molar-refractivity contribution in [3.63, 3.8) is 0 Å². The molecule has 0 aliphatic rings. The van der Waals surface area contributed by atoms with E-state index in [1.807, 2.05) is 0 Å². The third-order valence-electron chi connectivity index (χ3n) is 5.04. The van der Waals surface area contributed by atoms with Crippen LogP contribution in [0.4, 0.5) is 27.2 Å². The van der Waals surface area contributed by atoms with Gasteiger partial charge in [0.15, 0.2) is 0 Å². The fraction of sp³-hybridized carbons (Fsp3) is 0.261. The highest BCUT2D eigenvalue weighted by molar-refractivity contribution is 7.90. The highest BCUT2D eigenvalue weighted by Crippen LogP contribution is 2.23. The van der Waals surface area contributed by atoms with E-state index in [1.54, 1.807) is 4.72 Å². The highest BCUT2D eigenvalue weighted by Gasteiger charge is 2.27. The summed E-state index contributed by atoms with van der Waals surface area (Å²) < 4.78 is 48.4. The summed E-state index contributed by atoms with van der Waals surface area (Å²) in [5, 5.41) is 6.94. The molecule has 0 fully saturated rings. The van der Waals surface area contributed by atoms with Crippen molar-refractivity contribution in [2.24, 2.45) is 0 Å².